The Bertz CT molecular complexity index is 724. The second-order valence-corrected chi connectivity index (χ2v) is 7.18. The van der Waals surface area contributed by atoms with Crippen LogP contribution in [-0.4, -0.2) is 31.4 Å². The van der Waals surface area contributed by atoms with Gasteiger partial charge in [-0.1, -0.05) is 23.4 Å². The first kappa shape index (κ1) is 13.1. The molecular formula is C13H15N3O3S. The van der Waals surface area contributed by atoms with Gasteiger partial charge in [0.05, 0.1) is 0 Å². The number of nitrogens with zero attached hydrogens (tertiary/aromatic N) is 2. The Morgan fingerprint density at radius 3 is 3.00 bits per heavy atom. The van der Waals surface area contributed by atoms with E-state index in [1.807, 2.05) is 18.2 Å². The molecule has 0 saturated heterocycles. The zero-order chi connectivity index (χ0) is 14.2. The molecule has 20 heavy (non-hydrogen) atoms. The number of fused-ring (bicyclic) bond motifs is 1. The molecule has 3 rings (SSSR count). The van der Waals surface area contributed by atoms with E-state index in [0.29, 0.717) is 12.3 Å². The van der Waals surface area contributed by atoms with Crippen LogP contribution >= 0.6 is 0 Å². The van der Waals surface area contributed by atoms with Gasteiger partial charge in [-0.25, -0.2) is 8.42 Å². The van der Waals surface area contributed by atoms with E-state index in [9.17, 15) is 8.42 Å². The molecule has 0 fully saturated rings. The molecule has 2 aromatic rings. The van der Waals surface area contributed by atoms with Gasteiger partial charge in [0, 0.05) is 30.8 Å². The Morgan fingerprint density at radius 1 is 1.40 bits per heavy atom. The minimum absolute atomic E-state index is 0.185. The van der Waals surface area contributed by atoms with Crippen LogP contribution in [0.3, 0.4) is 0 Å². The summed E-state index contributed by atoms with van der Waals surface area (Å²) in [5.74, 6) is 0.794. The van der Waals surface area contributed by atoms with Crippen LogP contribution in [0.1, 0.15) is 23.2 Å². The molecule has 1 unspecified atom stereocenters. The number of benzene rings is 1. The van der Waals surface area contributed by atoms with Crippen LogP contribution in [0.2, 0.25) is 0 Å². The minimum atomic E-state index is -3.14. The smallest absolute Gasteiger partial charge is 0.227 e. The van der Waals surface area contributed by atoms with Gasteiger partial charge in [0.25, 0.3) is 0 Å². The fourth-order valence-electron chi connectivity index (χ4n) is 2.42. The maximum absolute atomic E-state index is 11.2. The molecule has 0 spiro atoms. The number of sulfone groups is 1. The van der Waals surface area contributed by atoms with Crippen LogP contribution in [0, 0.1) is 0 Å². The van der Waals surface area contributed by atoms with Crippen LogP contribution in [0.15, 0.2) is 28.8 Å². The summed E-state index contributed by atoms with van der Waals surface area (Å²) in [7, 11) is -3.14. The van der Waals surface area contributed by atoms with Crippen molar-refractivity contribution in [2.24, 2.45) is 0 Å². The van der Waals surface area contributed by atoms with Crippen molar-refractivity contribution < 1.29 is 12.9 Å². The molecule has 0 radical (unpaired) electrons. The Balaban J connectivity index is 1.74. The zero-order valence-electron chi connectivity index (χ0n) is 11.0. The van der Waals surface area contributed by atoms with E-state index in [-0.39, 0.29) is 17.5 Å². The average molecular weight is 293 g/mol. The number of rotatable bonds is 4. The van der Waals surface area contributed by atoms with E-state index < -0.39 is 9.84 Å². The molecule has 7 heteroatoms. The molecule has 106 valence electrons. The Kier molecular flexibility index (Phi) is 3.21. The van der Waals surface area contributed by atoms with Crippen molar-refractivity contribution >= 4 is 15.5 Å². The Hall–Kier alpha value is -1.89. The maximum Gasteiger partial charge on any atom is 0.227 e. The summed E-state index contributed by atoms with van der Waals surface area (Å²) in [6.07, 6.45) is 1.76. The van der Waals surface area contributed by atoms with E-state index in [2.05, 4.69) is 21.5 Å². The molecular weight excluding hydrogens is 278 g/mol. The fourth-order valence-corrected chi connectivity index (χ4v) is 3.00. The third kappa shape index (κ3) is 2.82. The van der Waals surface area contributed by atoms with E-state index in [1.165, 1.54) is 5.56 Å². The first-order chi connectivity index (χ1) is 9.51. The largest absolute Gasteiger partial charge is 0.384 e. The average Bonchev–Trinajstić information content (AvgIpc) is 2.96. The van der Waals surface area contributed by atoms with Crippen molar-refractivity contribution in [2.45, 2.75) is 18.1 Å². The van der Waals surface area contributed by atoms with Crippen molar-refractivity contribution in [3.8, 4) is 0 Å². The first-order valence-electron chi connectivity index (χ1n) is 6.33. The number of aromatic nitrogens is 2. The van der Waals surface area contributed by atoms with E-state index in [0.717, 1.165) is 18.5 Å². The van der Waals surface area contributed by atoms with Crippen molar-refractivity contribution in [1.82, 2.24) is 10.1 Å². The van der Waals surface area contributed by atoms with Crippen molar-refractivity contribution in [3.63, 3.8) is 0 Å². The predicted octanol–water partition coefficient (Wildman–Crippen LogP) is 1.37. The molecule has 2 heterocycles. The van der Waals surface area contributed by atoms with Crippen LogP contribution < -0.4 is 5.32 Å². The predicted molar refractivity (Wildman–Crippen MR) is 74.2 cm³/mol. The molecule has 0 bridgehead atoms. The van der Waals surface area contributed by atoms with Gasteiger partial charge in [-0.2, -0.15) is 4.98 Å². The monoisotopic (exact) mass is 293 g/mol. The van der Waals surface area contributed by atoms with Crippen molar-refractivity contribution in [2.75, 3.05) is 18.1 Å². The number of para-hydroxylation sites is 1. The van der Waals surface area contributed by atoms with Crippen LogP contribution in [0.5, 0.6) is 0 Å². The summed E-state index contributed by atoms with van der Waals surface area (Å²) < 4.78 is 27.5. The van der Waals surface area contributed by atoms with Gasteiger partial charge < -0.3 is 9.84 Å². The third-order valence-corrected chi connectivity index (χ3v) is 4.04. The SMILES string of the molecule is CS(=O)(=O)Cc1noc(CC2CNc3ccccc32)n1. The molecule has 0 aliphatic carbocycles. The number of nitrogens with one attached hydrogen (secondary N) is 1. The fraction of sp³-hybridized carbons (Fsp3) is 0.385. The van der Waals surface area contributed by atoms with Gasteiger partial charge in [-0.05, 0) is 11.6 Å². The second kappa shape index (κ2) is 4.90. The highest BCUT2D eigenvalue weighted by Gasteiger charge is 2.24. The quantitative estimate of drug-likeness (QED) is 0.916. The van der Waals surface area contributed by atoms with Gasteiger partial charge in [0.15, 0.2) is 15.7 Å². The van der Waals surface area contributed by atoms with E-state index in [4.69, 9.17) is 4.52 Å². The number of hydrogen-bond acceptors (Lipinski definition) is 6. The topological polar surface area (TPSA) is 85.1 Å². The Morgan fingerprint density at radius 2 is 2.20 bits per heavy atom. The molecule has 1 aliphatic rings. The van der Waals surface area contributed by atoms with Crippen LogP contribution in [0.25, 0.3) is 0 Å². The highest BCUT2D eigenvalue weighted by atomic mass is 32.2. The standard InChI is InChI=1S/C13H15N3O3S/c1-20(17,18)8-12-15-13(19-16-12)6-9-7-14-11-5-3-2-4-10(9)11/h2-5,9,14H,6-8H2,1H3. The number of hydrogen-bond donors (Lipinski definition) is 1. The van der Waals surface area contributed by atoms with Gasteiger partial charge in [-0.15, -0.1) is 0 Å². The molecule has 0 amide bonds. The number of anilines is 1. The summed E-state index contributed by atoms with van der Waals surface area (Å²) in [6.45, 7) is 0.823. The summed E-state index contributed by atoms with van der Waals surface area (Å²) in [6, 6.07) is 8.11. The molecule has 1 aliphatic heterocycles. The molecule has 1 N–H and O–H groups in total. The van der Waals surface area contributed by atoms with Gasteiger partial charge >= 0.3 is 0 Å². The highest BCUT2D eigenvalue weighted by molar-refractivity contribution is 7.89. The summed E-state index contributed by atoms with van der Waals surface area (Å²) in [5, 5.41) is 7.04. The molecule has 0 saturated carbocycles. The molecule has 1 aromatic heterocycles. The third-order valence-electron chi connectivity index (χ3n) is 3.26. The van der Waals surface area contributed by atoms with Gasteiger partial charge in [-0.3, -0.25) is 0 Å². The van der Waals surface area contributed by atoms with Crippen molar-refractivity contribution in [1.29, 1.82) is 0 Å². The van der Waals surface area contributed by atoms with Gasteiger partial charge in [0.1, 0.15) is 5.75 Å². The summed E-state index contributed by atoms with van der Waals surface area (Å²) in [5.41, 5.74) is 2.36. The Labute approximate surface area is 117 Å². The van der Waals surface area contributed by atoms with Crippen molar-refractivity contribution in [3.05, 3.63) is 41.5 Å². The van der Waals surface area contributed by atoms with E-state index >= 15 is 0 Å². The molecule has 1 aromatic carbocycles. The van der Waals surface area contributed by atoms with Gasteiger partial charge in [0.2, 0.25) is 5.89 Å². The maximum atomic E-state index is 11.2. The van der Waals surface area contributed by atoms with Crippen LogP contribution in [-0.2, 0) is 22.0 Å². The van der Waals surface area contributed by atoms with Crippen LogP contribution in [0.4, 0.5) is 5.69 Å². The normalized spacial score (nSPS) is 17.8. The lowest BCUT2D eigenvalue weighted by molar-refractivity contribution is 0.367. The summed E-state index contributed by atoms with van der Waals surface area (Å²) in [4.78, 5) is 4.15. The lowest BCUT2D eigenvalue weighted by atomic mass is 9.98. The lowest BCUT2D eigenvalue weighted by Crippen LogP contribution is -2.06. The molecule has 6 nitrogen and oxygen atoms in total. The highest BCUT2D eigenvalue weighted by Crippen LogP contribution is 2.32. The van der Waals surface area contributed by atoms with E-state index in [1.54, 1.807) is 0 Å². The summed E-state index contributed by atoms with van der Waals surface area (Å²) >= 11 is 0. The zero-order valence-corrected chi connectivity index (χ0v) is 11.9. The second-order valence-electron chi connectivity index (χ2n) is 5.04. The lowest BCUT2D eigenvalue weighted by Gasteiger charge is -2.05. The minimum Gasteiger partial charge on any atom is -0.384 e. The first-order valence-corrected chi connectivity index (χ1v) is 8.39. The molecule has 1 atom stereocenters.